The van der Waals surface area contributed by atoms with E-state index in [0.717, 1.165) is 23.3 Å². The molecule has 0 saturated heterocycles. The summed E-state index contributed by atoms with van der Waals surface area (Å²) in [6.45, 7) is 7.12. The van der Waals surface area contributed by atoms with E-state index >= 15 is 0 Å². The molecule has 0 spiro atoms. The van der Waals surface area contributed by atoms with Crippen LogP contribution in [0.2, 0.25) is 5.02 Å². The SMILES string of the molecule is CCCCNC(=O)[C@H](CC)N(Cc1ccc(C)cc1)C(=O)CSc1ccc(Cl)cc1. The van der Waals surface area contributed by atoms with Crippen molar-refractivity contribution < 1.29 is 9.59 Å². The molecule has 0 saturated carbocycles. The van der Waals surface area contributed by atoms with Crippen molar-refractivity contribution in [3.8, 4) is 0 Å². The molecule has 0 aromatic heterocycles. The van der Waals surface area contributed by atoms with Gasteiger partial charge in [-0.2, -0.15) is 0 Å². The number of benzene rings is 2. The average Bonchev–Trinajstić information content (AvgIpc) is 2.74. The van der Waals surface area contributed by atoms with Crippen molar-refractivity contribution in [1.82, 2.24) is 10.2 Å². The van der Waals surface area contributed by atoms with E-state index in [4.69, 9.17) is 11.6 Å². The minimum atomic E-state index is -0.485. The normalized spacial score (nSPS) is 11.7. The number of hydrogen-bond acceptors (Lipinski definition) is 3. The van der Waals surface area contributed by atoms with E-state index in [9.17, 15) is 9.59 Å². The van der Waals surface area contributed by atoms with E-state index in [2.05, 4.69) is 12.2 Å². The molecule has 4 nitrogen and oxygen atoms in total. The minimum Gasteiger partial charge on any atom is -0.354 e. The predicted octanol–water partition coefficient (Wildman–Crippen LogP) is 5.46. The van der Waals surface area contributed by atoms with E-state index in [1.54, 1.807) is 4.90 Å². The second kappa shape index (κ2) is 12.7. The van der Waals surface area contributed by atoms with Gasteiger partial charge in [-0.05, 0) is 49.6 Å². The maximum absolute atomic E-state index is 13.2. The van der Waals surface area contributed by atoms with Gasteiger partial charge in [0.25, 0.3) is 0 Å². The Morgan fingerprint density at radius 3 is 2.33 bits per heavy atom. The fourth-order valence-electron chi connectivity index (χ4n) is 3.07. The largest absolute Gasteiger partial charge is 0.354 e. The van der Waals surface area contributed by atoms with Gasteiger partial charge in [0, 0.05) is 23.0 Å². The summed E-state index contributed by atoms with van der Waals surface area (Å²) in [6.07, 6.45) is 2.52. The Balaban J connectivity index is 2.15. The Kier molecular flexibility index (Phi) is 10.2. The number of unbranched alkanes of at least 4 members (excludes halogenated alkanes) is 1. The number of carbonyl (C=O) groups excluding carboxylic acids is 2. The number of amides is 2. The zero-order chi connectivity index (χ0) is 21.9. The third-order valence-corrected chi connectivity index (χ3v) is 6.11. The third-order valence-electron chi connectivity index (χ3n) is 4.86. The van der Waals surface area contributed by atoms with Gasteiger partial charge in [0.1, 0.15) is 6.04 Å². The van der Waals surface area contributed by atoms with E-state index in [1.807, 2.05) is 62.4 Å². The van der Waals surface area contributed by atoms with Gasteiger partial charge < -0.3 is 10.2 Å². The molecule has 2 amide bonds. The average molecular weight is 447 g/mol. The molecule has 0 bridgehead atoms. The highest BCUT2D eigenvalue weighted by Crippen LogP contribution is 2.22. The van der Waals surface area contributed by atoms with Crippen molar-refractivity contribution in [3.05, 3.63) is 64.7 Å². The van der Waals surface area contributed by atoms with Crippen LogP contribution in [0.25, 0.3) is 0 Å². The number of thioether (sulfide) groups is 1. The lowest BCUT2D eigenvalue weighted by Gasteiger charge is -2.30. The fourth-order valence-corrected chi connectivity index (χ4v) is 3.99. The van der Waals surface area contributed by atoms with Crippen LogP contribution in [0.1, 0.15) is 44.2 Å². The van der Waals surface area contributed by atoms with Gasteiger partial charge in [-0.3, -0.25) is 9.59 Å². The summed E-state index contributed by atoms with van der Waals surface area (Å²) < 4.78 is 0. The van der Waals surface area contributed by atoms with Crippen LogP contribution in [0.15, 0.2) is 53.4 Å². The molecule has 6 heteroatoms. The minimum absolute atomic E-state index is 0.0481. The quantitative estimate of drug-likeness (QED) is 0.368. The first-order valence-corrected chi connectivity index (χ1v) is 11.8. The highest BCUT2D eigenvalue weighted by atomic mass is 35.5. The zero-order valence-electron chi connectivity index (χ0n) is 18.0. The first-order valence-electron chi connectivity index (χ1n) is 10.5. The van der Waals surface area contributed by atoms with Crippen molar-refractivity contribution >= 4 is 35.2 Å². The first kappa shape index (κ1) is 24.3. The molecule has 0 aliphatic rings. The summed E-state index contributed by atoms with van der Waals surface area (Å²) in [4.78, 5) is 28.7. The maximum Gasteiger partial charge on any atom is 0.242 e. The van der Waals surface area contributed by atoms with Gasteiger partial charge in [-0.15, -0.1) is 11.8 Å². The Morgan fingerprint density at radius 2 is 1.73 bits per heavy atom. The maximum atomic E-state index is 13.2. The molecule has 162 valence electrons. The van der Waals surface area contributed by atoms with Crippen molar-refractivity contribution in [2.24, 2.45) is 0 Å². The Labute approximate surface area is 189 Å². The Hall–Kier alpha value is -1.98. The summed E-state index contributed by atoms with van der Waals surface area (Å²) >= 11 is 7.40. The lowest BCUT2D eigenvalue weighted by Crippen LogP contribution is -2.49. The number of rotatable bonds is 11. The van der Waals surface area contributed by atoms with E-state index in [-0.39, 0.29) is 17.6 Å². The van der Waals surface area contributed by atoms with Crippen LogP contribution in [0.4, 0.5) is 0 Å². The second-order valence-electron chi connectivity index (χ2n) is 7.32. The molecule has 0 aliphatic carbocycles. The van der Waals surface area contributed by atoms with Gasteiger partial charge >= 0.3 is 0 Å². The molecule has 2 aromatic carbocycles. The van der Waals surface area contributed by atoms with Crippen LogP contribution in [0, 0.1) is 6.92 Å². The third kappa shape index (κ3) is 7.69. The van der Waals surface area contributed by atoms with Gasteiger partial charge in [-0.25, -0.2) is 0 Å². The van der Waals surface area contributed by atoms with E-state index in [1.165, 1.54) is 17.3 Å². The number of nitrogens with zero attached hydrogens (tertiary/aromatic N) is 1. The second-order valence-corrected chi connectivity index (χ2v) is 8.80. The Bertz CT molecular complexity index is 809. The van der Waals surface area contributed by atoms with Crippen LogP contribution in [0.3, 0.4) is 0 Å². The van der Waals surface area contributed by atoms with Crippen molar-refractivity contribution in [1.29, 1.82) is 0 Å². The van der Waals surface area contributed by atoms with Gasteiger partial charge in [0.05, 0.1) is 5.75 Å². The van der Waals surface area contributed by atoms with Crippen LogP contribution in [0.5, 0.6) is 0 Å². The van der Waals surface area contributed by atoms with E-state index in [0.29, 0.717) is 24.5 Å². The standard InChI is InChI=1S/C24H31ClN2O2S/c1-4-6-15-26-24(29)22(5-2)27(16-19-9-7-18(3)8-10-19)23(28)17-30-21-13-11-20(25)12-14-21/h7-14,22H,4-6,15-17H2,1-3H3,(H,26,29)/t22-/m0/s1. The molecule has 30 heavy (non-hydrogen) atoms. The molecule has 0 unspecified atom stereocenters. The van der Waals surface area contributed by atoms with Crippen LogP contribution < -0.4 is 5.32 Å². The number of hydrogen-bond donors (Lipinski definition) is 1. The monoisotopic (exact) mass is 446 g/mol. The van der Waals surface area contributed by atoms with Crippen molar-refractivity contribution in [2.45, 2.75) is 57.5 Å². The molecular formula is C24H31ClN2O2S. The summed E-state index contributed by atoms with van der Waals surface area (Å²) in [5.74, 6) is 0.141. The molecule has 2 aromatic rings. The Morgan fingerprint density at radius 1 is 1.07 bits per heavy atom. The first-order chi connectivity index (χ1) is 14.4. The fraction of sp³-hybridized carbons (Fsp3) is 0.417. The number of carbonyl (C=O) groups is 2. The van der Waals surface area contributed by atoms with Gasteiger partial charge in [-0.1, -0.05) is 61.7 Å². The highest BCUT2D eigenvalue weighted by Gasteiger charge is 2.28. The lowest BCUT2D eigenvalue weighted by molar-refractivity contribution is -0.139. The van der Waals surface area contributed by atoms with Gasteiger partial charge in [0.2, 0.25) is 11.8 Å². The molecule has 0 aliphatic heterocycles. The predicted molar refractivity (Wildman–Crippen MR) is 126 cm³/mol. The topological polar surface area (TPSA) is 49.4 Å². The van der Waals surface area contributed by atoms with Crippen LogP contribution >= 0.6 is 23.4 Å². The molecular weight excluding hydrogens is 416 g/mol. The summed E-state index contributed by atoms with van der Waals surface area (Å²) in [7, 11) is 0. The van der Waals surface area contributed by atoms with Crippen molar-refractivity contribution in [3.63, 3.8) is 0 Å². The molecule has 0 fully saturated rings. The molecule has 2 rings (SSSR count). The zero-order valence-corrected chi connectivity index (χ0v) is 19.6. The summed E-state index contributed by atoms with van der Waals surface area (Å²) in [5.41, 5.74) is 2.18. The van der Waals surface area contributed by atoms with Gasteiger partial charge in [0.15, 0.2) is 0 Å². The highest BCUT2D eigenvalue weighted by molar-refractivity contribution is 8.00. The molecule has 1 N–H and O–H groups in total. The molecule has 0 heterocycles. The molecule has 0 radical (unpaired) electrons. The smallest absolute Gasteiger partial charge is 0.242 e. The summed E-state index contributed by atoms with van der Waals surface area (Å²) in [6, 6.07) is 15.0. The summed E-state index contributed by atoms with van der Waals surface area (Å²) in [5, 5.41) is 3.66. The molecule has 1 atom stereocenters. The number of halogens is 1. The van der Waals surface area contributed by atoms with Crippen LogP contribution in [-0.2, 0) is 16.1 Å². The van der Waals surface area contributed by atoms with Crippen LogP contribution in [-0.4, -0.2) is 35.1 Å². The van der Waals surface area contributed by atoms with Crippen molar-refractivity contribution in [2.75, 3.05) is 12.3 Å². The number of aryl methyl sites for hydroxylation is 1. The van der Waals surface area contributed by atoms with E-state index < -0.39 is 6.04 Å². The lowest BCUT2D eigenvalue weighted by atomic mass is 10.1. The number of nitrogens with one attached hydrogen (secondary N) is 1.